The lowest BCUT2D eigenvalue weighted by molar-refractivity contribution is -0.123. The molecule has 0 aromatic heterocycles. The Bertz CT molecular complexity index is 647. The van der Waals surface area contributed by atoms with Crippen LogP contribution >= 0.6 is 0 Å². The molecule has 0 bridgehead atoms. The van der Waals surface area contributed by atoms with Crippen molar-refractivity contribution in [3.63, 3.8) is 0 Å². The van der Waals surface area contributed by atoms with Gasteiger partial charge in [0.1, 0.15) is 5.82 Å². The molecule has 1 aromatic rings. The molecule has 1 aromatic carbocycles. The number of carbonyl (C=O) groups excluding carboxylic acids is 1. The molecule has 5 nitrogen and oxygen atoms in total. The fourth-order valence-electron chi connectivity index (χ4n) is 2.09. The van der Waals surface area contributed by atoms with Crippen LogP contribution in [0, 0.1) is 5.82 Å². The topological polar surface area (TPSA) is 75.3 Å². The molecule has 0 aliphatic carbocycles. The summed E-state index contributed by atoms with van der Waals surface area (Å²) in [6.45, 7) is -0.777. The number of alkyl halides is 2. The van der Waals surface area contributed by atoms with E-state index in [1.807, 2.05) is 0 Å². The van der Waals surface area contributed by atoms with Crippen molar-refractivity contribution in [3.8, 4) is 0 Å². The van der Waals surface area contributed by atoms with Crippen molar-refractivity contribution < 1.29 is 26.4 Å². The summed E-state index contributed by atoms with van der Waals surface area (Å²) in [7, 11) is -3.67. The van der Waals surface area contributed by atoms with Gasteiger partial charge in [-0.2, -0.15) is 0 Å². The van der Waals surface area contributed by atoms with E-state index in [9.17, 15) is 26.4 Å². The van der Waals surface area contributed by atoms with Gasteiger partial charge >= 0.3 is 0 Å². The number of halogens is 3. The van der Waals surface area contributed by atoms with Gasteiger partial charge in [0, 0.05) is 13.0 Å². The maximum atomic E-state index is 13.0. The van der Waals surface area contributed by atoms with Gasteiger partial charge < -0.3 is 5.32 Å². The summed E-state index contributed by atoms with van der Waals surface area (Å²) in [6.07, 6.45) is -0.608. The number of rotatable bonds is 5. The largest absolute Gasteiger partial charge is 0.354 e. The maximum Gasteiger partial charge on any atom is 0.262 e. The van der Waals surface area contributed by atoms with Crippen LogP contribution in [-0.4, -0.2) is 45.1 Å². The van der Waals surface area contributed by atoms with E-state index in [2.05, 4.69) is 10.6 Å². The summed E-state index contributed by atoms with van der Waals surface area (Å²) in [6, 6.07) is 3.28. The third kappa shape index (κ3) is 4.20. The van der Waals surface area contributed by atoms with Gasteiger partial charge in [0.05, 0.1) is 23.2 Å². The fraction of sp³-hybridized carbons (Fsp3) is 0.462. The average Bonchev–Trinajstić information content (AvgIpc) is 2.79. The molecule has 0 saturated carbocycles. The van der Waals surface area contributed by atoms with Crippen LogP contribution in [0.2, 0.25) is 0 Å². The third-order valence-corrected chi connectivity index (χ3v) is 5.00. The molecule has 1 aliphatic rings. The zero-order valence-electron chi connectivity index (χ0n) is 11.5. The molecule has 1 amide bonds. The van der Waals surface area contributed by atoms with E-state index in [4.69, 9.17) is 0 Å². The first kappa shape index (κ1) is 16.8. The van der Waals surface area contributed by atoms with Crippen LogP contribution in [0.15, 0.2) is 29.2 Å². The number of carbonyl (C=O) groups is 1. The molecule has 1 atom stereocenters. The van der Waals surface area contributed by atoms with Crippen molar-refractivity contribution in [3.05, 3.63) is 30.1 Å². The Labute approximate surface area is 125 Å². The summed E-state index contributed by atoms with van der Waals surface area (Å²) in [4.78, 5) is 11.6. The lowest BCUT2D eigenvalue weighted by Gasteiger charge is -2.11. The zero-order valence-corrected chi connectivity index (χ0v) is 12.3. The Morgan fingerprint density at radius 1 is 1.32 bits per heavy atom. The smallest absolute Gasteiger partial charge is 0.262 e. The van der Waals surface area contributed by atoms with E-state index < -0.39 is 52.2 Å². The quantitative estimate of drug-likeness (QED) is 0.777. The predicted octanol–water partition coefficient (Wildman–Crippen LogP) is 0.713. The van der Waals surface area contributed by atoms with Crippen LogP contribution < -0.4 is 10.6 Å². The second-order valence-corrected chi connectivity index (χ2v) is 7.17. The van der Waals surface area contributed by atoms with Crippen molar-refractivity contribution in [2.24, 2.45) is 0 Å². The van der Waals surface area contributed by atoms with Gasteiger partial charge in [0.2, 0.25) is 5.91 Å². The lowest BCUT2D eigenvalue weighted by atomic mass is 10.2. The van der Waals surface area contributed by atoms with Crippen molar-refractivity contribution in [2.75, 3.05) is 18.8 Å². The lowest BCUT2D eigenvalue weighted by Crippen LogP contribution is -2.42. The van der Waals surface area contributed by atoms with E-state index in [-0.39, 0.29) is 11.4 Å². The van der Waals surface area contributed by atoms with E-state index >= 15 is 0 Å². The Morgan fingerprint density at radius 3 is 2.50 bits per heavy atom. The van der Waals surface area contributed by atoms with Crippen molar-refractivity contribution in [1.82, 2.24) is 10.6 Å². The molecule has 2 N–H and O–H groups in total. The summed E-state index contributed by atoms with van der Waals surface area (Å²) < 4.78 is 62.5. The van der Waals surface area contributed by atoms with Gasteiger partial charge in [-0.05, 0) is 24.3 Å². The summed E-state index contributed by atoms with van der Waals surface area (Å²) in [5.74, 6) is -4.54. The number of nitrogens with one attached hydrogen (secondary N) is 2. The molecule has 122 valence electrons. The van der Waals surface area contributed by atoms with E-state index in [0.717, 1.165) is 24.3 Å². The molecule has 1 saturated heterocycles. The van der Waals surface area contributed by atoms with Gasteiger partial charge in [-0.15, -0.1) is 0 Å². The van der Waals surface area contributed by atoms with Crippen molar-refractivity contribution >= 4 is 15.7 Å². The molecule has 9 heteroatoms. The zero-order chi connectivity index (χ0) is 16.4. The summed E-state index contributed by atoms with van der Waals surface area (Å²) >= 11 is 0. The molecule has 1 fully saturated rings. The first-order valence-electron chi connectivity index (χ1n) is 6.57. The molecular weight excluding hydrogens is 321 g/mol. The van der Waals surface area contributed by atoms with Crippen LogP contribution in [0.4, 0.5) is 13.2 Å². The number of sulfone groups is 1. The molecule has 1 aliphatic heterocycles. The van der Waals surface area contributed by atoms with Crippen LogP contribution in [-0.2, 0) is 14.6 Å². The first-order chi connectivity index (χ1) is 10.2. The van der Waals surface area contributed by atoms with E-state index in [1.54, 1.807) is 0 Å². The third-order valence-electron chi connectivity index (χ3n) is 3.27. The van der Waals surface area contributed by atoms with Crippen LogP contribution in [0.3, 0.4) is 0 Å². The number of hydrogen-bond donors (Lipinski definition) is 2. The fourth-order valence-corrected chi connectivity index (χ4v) is 3.25. The second kappa shape index (κ2) is 6.25. The van der Waals surface area contributed by atoms with E-state index in [1.165, 1.54) is 0 Å². The molecule has 2 rings (SSSR count). The van der Waals surface area contributed by atoms with Crippen LogP contribution in [0.25, 0.3) is 0 Å². The Hall–Kier alpha value is -1.61. The minimum atomic E-state index is -3.67. The minimum absolute atomic E-state index is 0.0614. The highest BCUT2D eigenvalue weighted by molar-refractivity contribution is 7.91. The number of benzene rings is 1. The Morgan fingerprint density at radius 2 is 1.95 bits per heavy atom. The summed E-state index contributed by atoms with van der Waals surface area (Å²) in [5, 5.41) is 4.69. The van der Waals surface area contributed by atoms with E-state index in [0.29, 0.717) is 0 Å². The molecule has 1 unspecified atom stereocenters. The van der Waals surface area contributed by atoms with Crippen molar-refractivity contribution in [1.29, 1.82) is 0 Å². The molecular formula is C13H15F3N2O3S. The maximum absolute atomic E-state index is 13.0. The second-order valence-electron chi connectivity index (χ2n) is 5.06. The van der Waals surface area contributed by atoms with Crippen molar-refractivity contribution in [2.45, 2.75) is 23.3 Å². The van der Waals surface area contributed by atoms with Gasteiger partial charge in [-0.3, -0.25) is 10.1 Å². The molecule has 0 radical (unpaired) electrons. The van der Waals surface area contributed by atoms with Crippen LogP contribution in [0.5, 0.6) is 0 Å². The summed E-state index contributed by atoms with van der Waals surface area (Å²) in [5.41, 5.74) is 0. The van der Waals surface area contributed by atoms with Gasteiger partial charge in [-0.1, -0.05) is 0 Å². The Kier molecular flexibility index (Phi) is 4.76. The highest BCUT2D eigenvalue weighted by atomic mass is 32.2. The monoisotopic (exact) mass is 336 g/mol. The number of hydrogen-bond acceptors (Lipinski definition) is 4. The van der Waals surface area contributed by atoms with Gasteiger partial charge in [-0.25, -0.2) is 21.6 Å². The SMILES string of the molecule is O=C(NCCS(=O)(=O)c1ccc(F)cc1)C1CC(F)(F)CN1. The average molecular weight is 336 g/mol. The molecule has 22 heavy (non-hydrogen) atoms. The highest BCUT2D eigenvalue weighted by Gasteiger charge is 2.42. The normalized spacial score (nSPS) is 20.8. The van der Waals surface area contributed by atoms with Gasteiger partial charge in [0.25, 0.3) is 5.92 Å². The standard InChI is InChI=1S/C13H15F3N2O3S/c14-9-1-3-10(4-2-9)22(20,21)6-5-17-12(19)11-7-13(15,16)8-18-11/h1-4,11,18H,5-8H2,(H,17,19). The molecule has 1 heterocycles. The molecule has 0 spiro atoms. The predicted molar refractivity (Wildman–Crippen MR) is 72.8 cm³/mol. The van der Waals surface area contributed by atoms with Crippen LogP contribution in [0.1, 0.15) is 6.42 Å². The number of amides is 1. The van der Waals surface area contributed by atoms with Gasteiger partial charge in [0.15, 0.2) is 9.84 Å². The minimum Gasteiger partial charge on any atom is -0.354 e. The first-order valence-corrected chi connectivity index (χ1v) is 8.22. The highest BCUT2D eigenvalue weighted by Crippen LogP contribution is 2.25. The Balaban J connectivity index is 1.85.